The van der Waals surface area contributed by atoms with Crippen LogP contribution in [0.25, 0.3) is 87.5 Å². The summed E-state index contributed by atoms with van der Waals surface area (Å²) in [4.78, 5) is 0. The zero-order valence-electron chi connectivity index (χ0n) is 24.6. The molecule has 0 radical (unpaired) electrons. The van der Waals surface area contributed by atoms with Crippen LogP contribution in [0.5, 0.6) is 0 Å². The van der Waals surface area contributed by atoms with Crippen molar-refractivity contribution in [3.63, 3.8) is 0 Å². The molecule has 45 heavy (non-hydrogen) atoms. The van der Waals surface area contributed by atoms with Gasteiger partial charge in [-0.15, -0.1) is 11.3 Å². The number of hydrogen-bond donors (Lipinski definition) is 0. The zero-order valence-corrected chi connectivity index (χ0v) is 25.4. The van der Waals surface area contributed by atoms with Crippen molar-refractivity contribution in [2.75, 3.05) is 0 Å². The van der Waals surface area contributed by atoms with Crippen LogP contribution in [0.2, 0.25) is 0 Å². The number of rotatable bonds is 3. The molecule has 0 saturated heterocycles. The summed E-state index contributed by atoms with van der Waals surface area (Å²) in [6.45, 7) is 0. The van der Waals surface area contributed by atoms with E-state index in [2.05, 4.69) is 155 Å². The molecule has 3 heteroatoms. The molecule has 0 amide bonds. The first-order valence-corrected chi connectivity index (χ1v) is 16.5. The fourth-order valence-corrected chi connectivity index (χ4v) is 8.66. The SMILES string of the molecule is C1=c2c(n(-c3ccc4c(c3)sc3ccccc34)c3ccc(-c4ccc5c(c4)c4ccccc4n5-c4ccccc4)cc23)=CCC1. The lowest BCUT2D eigenvalue weighted by atomic mass is 10.0. The Balaban J connectivity index is 1.17. The minimum atomic E-state index is 1.07. The molecule has 6 aromatic carbocycles. The summed E-state index contributed by atoms with van der Waals surface area (Å²) in [5.41, 5.74) is 8.64. The van der Waals surface area contributed by atoms with E-state index < -0.39 is 0 Å². The van der Waals surface area contributed by atoms with Crippen LogP contribution < -0.4 is 10.6 Å². The molecule has 0 N–H and O–H groups in total. The van der Waals surface area contributed by atoms with Gasteiger partial charge >= 0.3 is 0 Å². The summed E-state index contributed by atoms with van der Waals surface area (Å²) in [5.74, 6) is 0. The molecule has 9 aromatic rings. The minimum absolute atomic E-state index is 1.07. The number of fused-ring (bicyclic) bond motifs is 9. The van der Waals surface area contributed by atoms with E-state index in [1.54, 1.807) is 0 Å². The molecule has 212 valence electrons. The van der Waals surface area contributed by atoms with Gasteiger partial charge in [0.05, 0.1) is 16.6 Å². The highest BCUT2D eigenvalue weighted by molar-refractivity contribution is 7.25. The molecular formula is C42H28N2S. The van der Waals surface area contributed by atoms with E-state index in [0.29, 0.717) is 0 Å². The summed E-state index contributed by atoms with van der Waals surface area (Å²) in [6.07, 6.45) is 7.02. The maximum Gasteiger partial charge on any atom is 0.0541 e. The van der Waals surface area contributed by atoms with Crippen molar-refractivity contribution in [3.8, 4) is 22.5 Å². The van der Waals surface area contributed by atoms with Crippen LogP contribution in [0.1, 0.15) is 12.8 Å². The van der Waals surface area contributed by atoms with E-state index in [0.717, 1.165) is 12.8 Å². The van der Waals surface area contributed by atoms with Gasteiger partial charge in [-0.1, -0.05) is 84.9 Å². The van der Waals surface area contributed by atoms with Gasteiger partial charge in [-0.05, 0) is 84.6 Å². The first kappa shape index (κ1) is 25.0. The summed E-state index contributed by atoms with van der Waals surface area (Å²) in [6, 6.07) is 49.2. The molecule has 1 aliphatic carbocycles. The smallest absolute Gasteiger partial charge is 0.0541 e. The second-order valence-corrected chi connectivity index (χ2v) is 13.1. The molecule has 0 aliphatic heterocycles. The van der Waals surface area contributed by atoms with E-state index in [9.17, 15) is 0 Å². The lowest BCUT2D eigenvalue weighted by Gasteiger charge is -2.09. The molecule has 1 aliphatic rings. The molecule has 2 nitrogen and oxygen atoms in total. The van der Waals surface area contributed by atoms with E-state index in [-0.39, 0.29) is 0 Å². The number of nitrogens with zero attached hydrogens (tertiary/aromatic N) is 2. The van der Waals surface area contributed by atoms with E-state index in [1.807, 2.05) is 11.3 Å². The van der Waals surface area contributed by atoms with Crippen molar-refractivity contribution in [2.45, 2.75) is 12.8 Å². The Morgan fingerprint density at radius 3 is 1.96 bits per heavy atom. The Hall–Kier alpha value is -5.38. The van der Waals surface area contributed by atoms with Crippen molar-refractivity contribution in [3.05, 3.63) is 144 Å². The first-order valence-electron chi connectivity index (χ1n) is 15.7. The quantitative estimate of drug-likeness (QED) is 0.193. The fraction of sp³-hybridized carbons (Fsp3) is 0.0476. The Morgan fingerprint density at radius 1 is 0.422 bits per heavy atom. The highest BCUT2D eigenvalue weighted by atomic mass is 32.1. The molecule has 10 rings (SSSR count). The molecular weight excluding hydrogens is 565 g/mol. The highest BCUT2D eigenvalue weighted by Crippen LogP contribution is 2.37. The number of para-hydroxylation sites is 2. The van der Waals surface area contributed by atoms with Gasteiger partial charge in [-0.2, -0.15) is 0 Å². The van der Waals surface area contributed by atoms with Crippen molar-refractivity contribution < 1.29 is 0 Å². The van der Waals surface area contributed by atoms with Crippen molar-refractivity contribution in [2.24, 2.45) is 0 Å². The summed E-state index contributed by atoms with van der Waals surface area (Å²) < 4.78 is 7.54. The lowest BCUT2D eigenvalue weighted by molar-refractivity contribution is 1.03. The second kappa shape index (κ2) is 9.56. The summed E-state index contributed by atoms with van der Waals surface area (Å²) >= 11 is 1.88. The molecule has 0 atom stereocenters. The van der Waals surface area contributed by atoms with Gasteiger partial charge < -0.3 is 9.13 Å². The maximum atomic E-state index is 2.48. The molecule has 0 spiro atoms. The zero-order chi connectivity index (χ0) is 29.5. The Bertz CT molecular complexity index is 2760. The number of aromatic nitrogens is 2. The summed E-state index contributed by atoms with van der Waals surface area (Å²) in [7, 11) is 0. The molecule has 0 fully saturated rings. The van der Waals surface area contributed by atoms with Crippen LogP contribution in [0.15, 0.2) is 133 Å². The van der Waals surface area contributed by atoms with Gasteiger partial charge in [-0.25, -0.2) is 0 Å². The molecule has 0 saturated carbocycles. The lowest BCUT2D eigenvalue weighted by Crippen LogP contribution is -2.30. The van der Waals surface area contributed by atoms with Crippen LogP contribution in [-0.2, 0) is 0 Å². The van der Waals surface area contributed by atoms with Gasteiger partial charge in [0, 0.05) is 58.3 Å². The largest absolute Gasteiger partial charge is 0.310 e. The third kappa shape index (κ3) is 3.68. The monoisotopic (exact) mass is 592 g/mol. The van der Waals surface area contributed by atoms with Crippen molar-refractivity contribution in [1.82, 2.24) is 9.13 Å². The Kier molecular flexibility index (Phi) is 5.31. The van der Waals surface area contributed by atoms with Gasteiger partial charge in [0.15, 0.2) is 0 Å². The van der Waals surface area contributed by atoms with Crippen molar-refractivity contribution >= 4 is 76.4 Å². The molecule has 0 bridgehead atoms. The highest BCUT2D eigenvalue weighted by Gasteiger charge is 2.16. The van der Waals surface area contributed by atoms with Gasteiger partial charge in [-0.3, -0.25) is 0 Å². The Morgan fingerprint density at radius 2 is 1.09 bits per heavy atom. The normalized spacial score (nSPS) is 13.1. The maximum absolute atomic E-state index is 2.48. The van der Waals surface area contributed by atoms with Gasteiger partial charge in [0.2, 0.25) is 0 Å². The van der Waals surface area contributed by atoms with Gasteiger partial charge in [0.25, 0.3) is 0 Å². The van der Waals surface area contributed by atoms with Crippen molar-refractivity contribution in [1.29, 1.82) is 0 Å². The predicted octanol–water partition coefficient (Wildman–Crippen LogP) is 10.1. The van der Waals surface area contributed by atoms with Crippen LogP contribution in [0.3, 0.4) is 0 Å². The number of thiophene rings is 1. The first-order chi connectivity index (χ1) is 22.3. The molecule has 3 heterocycles. The third-order valence-electron chi connectivity index (χ3n) is 9.54. The predicted molar refractivity (Wildman–Crippen MR) is 193 cm³/mol. The van der Waals surface area contributed by atoms with Crippen LogP contribution in [0.4, 0.5) is 0 Å². The fourth-order valence-electron chi connectivity index (χ4n) is 7.52. The molecule has 0 unspecified atom stereocenters. The van der Waals surface area contributed by atoms with Crippen LogP contribution >= 0.6 is 11.3 Å². The van der Waals surface area contributed by atoms with E-state index >= 15 is 0 Å². The number of benzene rings is 6. The van der Waals surface area contributed by atoms with E-state index in [4.69, 9.17) is 0 Å². The Labute approximate surface area is 264 Å². The number of hydrogen-bond acceptors (Lipinski definition) is 1. The van der Waals surface area contributed by atoms with Gasteiger partial charge in [0.1, 0.15) is 0 Å². The van der Waals surface area contributed by atoms with Crippen LogP contribution in [0, 0.1) is 0 Å². The molecule has 3 aromatic heterocycles. The standard InChI is InChI=1S/C42H28N2S/c1-2-10-29(11-3-1)43-37-15-7-4-12-31(37)35-24-27(18-22-39(35)43)28-19-23-40-36(25-28)32-13-5-8-16-38(32)44(40)30-20-21-34-33-14-6-9-17-41(33)45-42(34)26-30/h1-4,6-7,9-26H,5,8H2. The van der Waals surface area contributed by atoms with Crippen LogP contribution in [-0.4, -0.2) is 9.13 Å². The average Bonchev–Trinajstić information content (AvgIpc) is 3.75. The van der Waals surface area contributed by atoms with E-state index in [1.165, 1.54) is 86.0 Å². The third-order valence-corrected chi connectivity index (χ3v) is 10.7. The minimum Gasteiger partial charge on any atom is -0.310 e. The topological polar surface area (TPSA) is 9.86 Å². The average molecular weight is 593 g/mol. The second-order valence-electron chi connectivity index (χ2n) is 12.1. The summed E-state index contributed by atoms with van der Waals surface area (Å²) in [5, 5.41) is 9.24.